The van der Waals surface area contributed by atoms with Crippen LogP contribution in [0.15, 0.2) is 24.3 Å². The first-order valence-electron chi connectivity index (χ1n) is 7.34. The molecule has 6 fully saturated rings. The minimum Gasteiger partial charge on any atom is -0.469 e. The monoisotopic (exact) mass is 263 g/mol. The molecule has 1 aromatic rings. The molecule has 6 aliphatic carbocycles. The Labute approximate surface area is 116 Å². The number of benzene rings is 1. The van der Waals surface area contributed by atoms with Crippen LogP contribution in [0.3, 0.4) is 0 Å². The van der Waals surface area contributed by atoms with Crippen molar-refractivity contribution in [2.24, 2.45) is 40.9 Å². The van der Waals surface area contributed by atoms with Crippen LogP contribution in [0.4, 0.5) is 0 Å². The number of nitrogens with zero attached hydrogens (tertiary/aromatic N) is 1. The molecule has 0 saturated heterocycles. The Morgan fingerprint density at radius 1 is 1.10 bits per heavy atom. The van der Waals surface area contributed by atoms with Crippen LogP contribution < -0.4 is 0 Å². The SMILES string of the molecule is COC(=O)C12C3C4C1C1C2C3C41c1ccc(C#N)cc1. The first kappa shape index (κ1) is 9.99. The van der Waals surface area contributed by atoms with E-state index in [9.17, 15) is 4.79 Å². The van der Waals surface area contributed by atoms with Gasteiger partial charge in [0.2, 0.25) is 0 Å². The van der Waals surface area contributed by atoms with Gasteiger partial charge in [-0.25, -0.2) is 0 Å². The lowest BCUT2D eigenvalue weighted by molar-refractivity contribution is -0.613. The number of carbonyl (C=O) groups is 1. The molecule has 6 saturated carbocycles. The number of hydrogen-bond donors (Lipinski definition) is 0. The zero-order valence-corrected chi connectivity index (χ0v) is 11.0. The second kappa shape index (κ2) is 2.41. The van der Waals surface area contributed by atoms with Crippen LogP contribution >= 0.6 is 0 Å². The van der Waals surface area contributed by atoms with Gasteiger partial charge in [-0.15, -0.1) is 0 Å². The van der Waals surface area contributed by atoms with Crippen molar-refractivity contribution in [2.75, 3.05) is 7.11 Å². The normalized spacial score (nSPS) is 56.8. The van der Waals surface area contributed by atoms with Crippen LogP contribution in [0, 0.1) is 52.3 Å². The summed E-state index contributed by atoms with van der Waals surface area (Å²) in [6.45, 7) is 0. The molecule has 20 heavy (non-hydrogen) atoms. The Balaban J connectivity index is 1.39. The third-order valence-electron chi connectivity index (χ3n) is 7.68. The minimum absolute atomic E-state index is 0.0386. The summed E-state index contributed by atoms with van der Waals surface area (Å²) in [5.41, 5.74) is 2.50. The molecule has 3 heteroatoms. The molecule has 7 rings (SSSR count). The van der Waals surface area contributed by atoms with Crippen molar-refractivity contribution in [3.8, 4) is 6.07 Å². The van der Waals surface area contributed by atoms with Crippen LogP contribution in [-0.2, 0) is 14.9 Å². The highest BCUT2D eigenvalue weighted by Gasteiger charge is 3.11. The highest BCUT2D eigenvalue weighted by molar-refractivity contribution is 5.89. The molecule has 0 amide bonds. The lowest BCUT2D eigenvalue weighted by Gasteiger charge is -3.10. The number of rotatable bonds is 2. The van der Waals surface area contributed by atoms with Gasteiger partial charge in [0.1, 0.15) is 0 Å². The Morgan fingerprint density at radius 3 is 2.10 bits per heavy atom. The Morgan fingerprint density at radius 2 is 1.65 bits per heavy atom. The Kier molecular flexibility index (Phi) is 1.20. The predicted octanol–water partition coefficient (Wildman–Crippen LogP) is 1.72. The lowest BCUT2D eigenvalue weighted by Crippen LogP contribution is -3.12. The predicted molar refractivity (Wildman–Crippen MR) is 68.2 cm³/mol. The van der Waals surface area contributed by atoms with Crippen LogP contribution in [0.2, 0.25) is 0 Å². The first-order chi connectivity index (χ1) is 9.75. The topological polar surface area (TPSA) is 50.1 Å². The highest BCUT2D eigenvalue weighted by atomic mass is 16.5. The van der Waals surface area contributed by atoms with Gasteiger partial charge in [0, 0.05) is 5.41 Å². The molecule has 0 radical (unpaired) electrons. The molecule has 0 spiro atoms. The number of methoxy groups -OCH3 is 1. The molecule has 3 nitrogen and oxygen atoms in total. The average molecular weight is 263 g/mol. The number of ether oxygens (including phenoxy) is 1. The van der Waals surface area contributed by atoms with Gasteiger partial charge < -0.3 is 4.74 Å². The van der Waals surface area contributed by atoms with Crippen molar-refractivity contribution >= 4 is 5.97 Å². The molecule has 0 bridgehead atoms. The van der Waals surface area contributed by atoms with E-state index in [1.807, 2.05) is 12.1 Å². The van der Waals surface area contributed by atoms with Gasteiger partial charge in [-0.2, -0.15) is 5.26 Å². The fraction of sp³-hybridized carbons (Fsp3) is 0.529. The summed E-state index contributed by atoms with van der Waals surface area (Å²) < 4.78 is 5.05. The molecule has 0 aliphatic heterocycles. The maximum absolute atomic E-state index is 12.1. The largest absolute Gasteiger partial charge is 0.469 e. The number of esters is 1. The van der Waals surface area contributed by atoms with E-state index < -0.39 is 0 Å². The molecule has 6 aliphatic rings. The molecule has 98 valence electrons. The smallest absolute Gasteiger partial charge is 0.312 e. The molecular formula is C17H13NO2. The van der Waals surface area contributed by atoms with E-state index in [1.165, 1.54) is 12.7 Å². The number of carbonyl (C=O) groups excluding carboxylic acids is 1. The maximum Gasteiger partial charge on any atom is 0.312 e. The summed E-state index contributed by atoms with van der Waals surface area (Å²) in [7, 11) is 1.53. The van der Waals surface area contributed by atoms with E-state index in [2.05, 4.69) is 18.2 Å². The van der Waals surface area contributed by atoms with Crippen LogP contribution in [-0.4, -0.2) is 13.1 Å². The van der Waals surface area contributed by atoms with E-state index >= 15 is 0 Å². The van der Waals surface area contributed by atoms with Crippen LogP contribution in [0.1, 0.15) is 11.1 Å². The third-order valence-corrected chi connectivity index (χ3v) is 7.68. The van der Waals surface area contributed by atoms with Gasteiger partial charge in [0.15, 0.2) is 0 Å². The maximum atomic E-state index is 12.1. The lowest BCUT2D eigenvalue weighted by atomic mass is 8.92. The van der Waals surface area contributed by atoms with Gasteiger partial charge in [0.25, 0.3) is 0 Å². The Bertz CT molecular complexity index is 688. The van der Waals surface area contributed by atoms with Crippen molar-refractivity contribution in [2.45, 2.75) is 5.41 Å². The number of hydrogen-bond acceptors (Lipinski definition) is 3. The van der Waals surface area contributed by atoms with Gasteiger partial charge in [-0.3, -0.25) is 4.79 Å². The molecule has 0 aromatic heterocycles. The summed E-state index contributed by atoms with van der Waals surface area (Å²) in [6.07, 6.45) is 0. The van der Waals surface area contributed by atoms with E-state index in [4.69, 9.17) is 10.00 Å². The van der Waals surface area contributed by atoms with E-state index in [0.29, 0.717) is 23.2 Å². The molecule has 0 heterocycles. The second-order valence-electron chi connectivity index (χ2n) is 7.20. The summed E-state index contributed by atoms with van der Waals surface area (Å²) in [4.78, 5) is 12.1. The van der Waals surface area contributed by atoms with E-state index in [0.717, 1.165) is 23.3 Å². The zero-order chi connectivity index (χ0) is 13.4. The van der Waals surface area contributed by atoms with E-state index in [1.54, 1.807) is 0 Å². The third kappa shape index (κ3) is 0.526. The standard InChI is InChI=1S/C17H13NO2/c1-20-15(19)17-12-9-13(17)11-14(17)10(12)16(9,11)8-4-2-7(6-18)3-5-8/h2-5,9-14H,1H3. The van der Waals surface area contributed by atoms with Gasteiger partial charge in [-0.05, 0) is 53.2 Å². The van der Waals surface area contributed by atoms with Crippen molar-refractivity contribution in [1.29, 1.82) is 5.26 Å². The fourth-order valence-electron chi connectivity index (χ4n) is 7.52. The Hall–Kier alpha value is -1.82. The minimum atomic E-state index is -0.0386. The molecular weight excluding hydrogens is 250 g/mol. The molecule has 0 N–H and O–H groups in total. The van der Waals surface area contributed by atoms with E-state index in [-0.39, 0.29) is 11.4 Å². The molecule has 0 atom stereocenters. The van der Waals surface area contributed by atoms with Gasteiger partial charge in [-0.1, -0.05) is 12.1 Å². The summed E-state index contributed by atoms with van der Waals surface area (Å²) in [5.74, 6) is 4.11. The fourth-order valence-corrected chi connectivity index (χ4v) is 7.52. The van der Waals surface area contributed by atoms with Crippen molar-refractivity contribution in [3.63, 3.8) is 0 Å². The van der Waals surface area contributed by atoms with Crippen LogP contribution in [0.25, 0.3) is 0 Å². The quantitative estimate of drug-likeness (QED) is 0.763. The zero-order valence-electron chi connectivity index (χ0n) is 11.0. The average Bonchev–Trinajstić information content (AvgIpc) is 2.53. The summed E-state index contributed by atoms with van der Waals surface area (Å²) in [5, 5.41) is 8.90. The van der Waals surface area contributed by atoms with Crippen LogP contribution in [0.5, 0.6) is 0 Å². The molecule has 1 aromatic carbocycles. The van der Waals surface area contributed by atoms with Crippen molar-refractivity contribution in [3.05, 3.63) is 35.4 Å². The van der Waals surface area contributed by atoms with Gasteiger partial charge >= 0.3 is 5.97 Å². The van der Waals surface area contributed by atoms with Crippen molar-refractivity contribution < 1.29 is 9.53 Å². The number of nitriles is 1. The molecule has 0 unspecified atom stereocenters. The summed E-state index contributed by atoms with van der Waals surface area (Å²) >= 11 is 0. The second-order valence-corrected chi connectivity index (χ2v) is 7.20. The van der Waals surface area contributed by atoms with Crippen molar-refractivity contribution in [1.82, 2.24) is 0 Å². The highest BCUT2D eigenvalue weighted by Crippen LogP contribution is 3.09. The van der Waals surface area contributed by atoms with Gasteiger partial charge in [0.05, 0.1) is 24.2 Å². The first-order valence-corrected chi connectivity index (χ1v) is 7.34. The summed E-state index contributed by atoms with van der Waals surface area (Å²) in [6, 6.07) is 10.3.